The third kappa shape index (κ3) is 4.86. The monoisotopic (exact) mass is 439 g/mol. The first kappa shape index (κ1) is 21.7. The van der Waals surface area contributed by atoms with Crippen LogP contribution < -0.4 is 9.47 Å². The number of imidazole rings is 1. The average molecular weight is 439 g/mol. The van der Waals surface area contributed by atoms with Gasteiger partial charge in [0.2, 0.25) is 0 Å². The summed E-state index contributed by atoms with van der Waals surface area (Å²) < 4.78 is 11.3. The predicted molar refractivity (Wildman–Crippen MR) is 125 cm³/mol. The Kier molecular flexibility index (Phi) is 6.09. The number of carboxylic acids is 1. The first-order chi connectivity index (χ1) is 16.0. The lowest BCUT2D eigenvalue weighted by Crippen LogP contribution is -2.00. The van der Waals surface area contributed by atoms with Crippen molar-refractivity contribution in [2.45, 2.75) is 13.5 Å². The van der Waals surface area contributed by atoms with Crippen molar-refractivity contribution in [2.24, 2.45) is 0 Å². The second kappa shape index (κ2) is 9.28. The molecule has 1 heterocycles. The van der Waals surface area contributed by atoms with E-state index < -0.39 is 5.97 Å². The highest BCUT2D eigenvalue weighted by atomic mass is 16.5. The number of carboxylic acid groups (broad SMARTS) is 1. The number of aromatic amines is 1. The van der Waals surface area contributed by atoms with Crippen LogP contribution in [0, 0.1) is 18.3 Å². The second-order valence-electron chi connectivity index (χ2n) is 7.48. The van der Waals surface area contributed by atoms with Gasteiger partial charge in [0.25, 0.3) is 0 Å². The van der Waals surface area contributed by atoms with Crippen LogP contribution in [0.25, 0.3) is 22.7 Å². The first-order valence-corrected chi connectivity index (χ1v) is 10.2. The highest BCUT2D eigenvalue weighted by Crippen LogP contribution is 2.30. The van der Waals surface area contributed by atoms with Crippen molar-refractivity contribution >= 4 is 28.7 Å². The molecule has 0 saturated heterocycles. The fourth-order valence-corrected chi connectivity index (χ4v) is 3.37. The minimum Gasteiger partial charge on any atom is -0.493 e. The Bertz CT molecular complexity index is 1400. The number of H-pyrrole nitrogens is 1. The first-order valence-electron chi connectivity index (χ1n) is 10.2. The molecule has 0 atom stereocenters. The number of hydrogen-bond acceptors (Lipinski definition) is 5. The molecule has 0 aliphatic carbocycles. The van der Waals surface area contributed by atoms with E-state index in [2.05, 4.69) is 16.0 Å². The molecule has 3 aromatic carbocycles. The lowest BCUT2D eigenvalue weighted by molar-refractivity contribution is 0.0697. The van der Waals surface area contributed by atoms with Crippen LogP contribution in [0.2, 0.25) is 0 Å². The van der Waals surface area contributed by atoms with E-state index in [0.717, 1.165) is 27.7 Å². The molecule has 7 heteroatoms. The molecule has 0 amide bonds. The molecule has 0 radical (unpaired) electrons. The van der Waals surface area contributed by atoms with Crippen molar-refractivity contribution in [3.05, 3.63) is 88.7 Å². The van der Waals surface area contributed by atoms with E-state index in [1.807, 2.05) is 31.2 Å². The Balaban J connectivity index is 1.55. The number of fused-ring (bicyclic) bond motifs is 1. The molecule has 33 heavy (non-hydrogen) atoms. The average Bonchev–Trinajstić information content (AvgIpc) is 3.24. The highest BCUT2D eigenvalue weighted by Gasteiger charge is 2.11. The zero-order chi connectivity index (χ0) is 23.4. The third-order valence-electron chi connectivity index (χ3n) is 5.11. The standard InChI is InChI=1S/C26H21N3O4/c1-16-3-9-21-22(11-16)29-25(28-21)20(14-27)12-18-6-10-23(24(13-18)32-2)33-15-17-4-7-19(8-5-17)26(30)31/h3-13H,15H2,1-2H3,(H,28,29)(H,30,31)/b20-12-. The topological polar surface area (TPSA) is 108 Å². The Morgan fingerprint density at radius 2 is 1.91 bits per heavy atom. The van der Waals surface area contributed by atoms with Gasteiger partial charge >= 0.3 is 5.97 Å². The second-order valence-corrected chi connectivity index (χ2v) is 7.48. The van der Waals surface area contributed by atoms with Gasteiger partial charge in [-0.15, -0.1) is 0 Å². The molecule has 1 aromatic heterocycles. The number of nitrogens with zero attached hydrogens (tertiary/aromatic N) is 2. The zero-order valence-electron chi connectivity index (χ0n) is 18.1. The summed E-state index contributed by atoms with van der Waals surface area (Å²) in [4.78, 5) is 18.7. The van der Waals surface area contributed by atoms with Crippen LogP contribution in [-0.2, 0) is 6.61 Å². The SMILES string of the molecule is COc1cc(/C=C(/C#N)c2nc3ccc(C)cc3[nH]2)ccc1OCc1ccc(C(=O)O)cc1. The van der Waals surface area contributed by atoms with E-state index in [4.69, 9.17) is 14.6 Å². The number of aromatic nitrogens is 2. The maximum absolute atomic E-state index is 11.0. The number of rotatable bonds is 7. The summed E-state index contributed by atoms with van der Waals surface area (Å²) in [5, 5.41) is 18.7. The van der Waals surface area contributed by atoms with Crippen molar-refractivity contribution in [3.63, 3.8) is 0 Å². The number of ether oxygens (including phenoxy) is 2. The largest absolute Gasteiger partial charge is 0.493 e. The number of benzene rings is 3. The van der Waals surface area contributed by atoms with Gasteiger partial charge in [-0.2, -0.15) is 5.26 Å². The molecule has 0 saturated carbocycles. The van der Waals surface area contributed by atoms with Gasteiger partial charge in [-0.25, -0.2) is 9.78 Å². The maximum Gasteiger partial charge on any atom is 0.335 e. The molecule has 164 valence electrons. The van der Waals surface area contributed by atoms with E-state index in [9.17, 15) is 10.1 Å². The lowest BCUT2D eigenvalue weighted by Gasteiger charge is -2.12. The number of aromatic carboxylic acids is 1. The smallest absolute Gasteiger partial charge is 0.335 e. The molecule has 0 unspecified atom stereocenters. The number of allylic oxidation sites excluding steroid dienone is 1. The van der Waals surface area contributed by atoms with E-state index in [-0.39, 0.29) is 12.2 Å². The molecule has 0 aliphatic rings. The number of aryl methyl sites for hydroxylation is 1. The minimum atomic E-state index is -0.970. The molecular formula is C26H21N3O4. The van der Waals surface area contributed by atoms with Gasteiger partial charge in [-0.1, -0.05) is 24.3 Å². The van der Waals surface area contributed by atoms with Gasteiger partial charge in [-0.3, -0.25) is 0 Å². The van der Waals surface area contributed by atoms with Crippen LogP contribution in [0.5, 0.6) is 11.5 Å². The summed E-state index contributed by atoms with van der Waals surface area (Å²) in [6.45, 7) is 2.26. The minimum absolute atomic E-state index is 0.223. The fourth-order valence-electron chi connectivity index (χ4n) is 3.37. The Labute approximate surface area is 190 Å². The van der Waals surface area contributed by atoms with Crippen molar-refractivity contribution in [1.29, 1.82) is 5.26 Å². The predicted octanol–water partition coefficient (Wildman–Crippen LogP) is 5.22. The van der Waals surface area contributed by atoms with Crippen LogP contribution in [0.15, 0.2) is 60.7 Å². The van der Waals surface area contributed by atoms with E-state index in [0.29, 0.717) is 22.9 Å². The number of hydrogen-bond donors (Lipinski definition) is 2. The fraction of sp³-hybridized carbons (Fsp3) is 0.115. The lowest BCUT2D eigenvalue weighted by atomic mass is 10.1. The Morgan fingerprint density at radius 1 is 1.12 bits per heavy atom. The molecule has 4 rings (SSSR count). The van der Waals surface area contributed by atoms with E-state index in [1.165, 1.54) is 12.1 Å². The highest BCUT2D eigenvalue weighted by molar-refractivity contribution is 5.90. The summed E-state index contributed by atoms with van der Waals surface area (Å²) in [5.74, 6) is 0.586. The van der Waals surface area contributed by atoms with Gasteiger partial charge < -0.3 is 19.6 Å². The third-order valence-corrected chi connectivity index (χ3v) is 5.11. The summed E-state index contributed by atoms with van der Waals surface area (Å²) in [7, 11) is 1.55. The summed E-state index contributed by atoms with van der Waals surface area (Å²) >= 11 is 0. The van der Waals surface area contributed by atoms with Crippen LogP contribution in [0.4, 0.5) is 0 Å². The van der Waals surface area contributed by atoms with Crippen LogP contribution in [0.3, 0.4) is 0 Å². The summed E-state index contributed by atoms with van der Waals surface area (Å²) in [5.41, 5.74) is 5.01. The van der Waals surface area contributed by atoms with Crippen LogP contribution >= 0.6 is 0 Å². The zero-order valence-corrected chi connectivity index (χ0v) is 18.1. The molecule has 0 spiro atoms. The molecule has 0 aliphatic heterocycles. The molecule has 4 aromatic rings. The molecular weight excluding hydrogens is 418 g/mol. The van der Waals surface area contributed by atoms with Crippen molar-refractivity contribution in [1.82, 2.24) is 9.97 Å². The van der Waals surface area contributed by atoms with Gasteiger partial charge in [0, 0.05) is 0 Å². The number of carbonyl (C=O) groups is 1. The van der Waals surface area contributed by atoms with Gasteiger partial charge in [0.15, 0.2) is 11.5 Å². The normalized spacial score (nSPS) is 11.2. The number of nitriles is 1. The van der Waals surface area contributed by atoms with Gasteiger partial charge in [-0.05, 0) is 66.1 Å². The molecule has 7 nitrogen and oxygen atoms in total. The van der Waals surface area contributed by atoms with Crippen LogP contribution in [-0.4, -0.2) is 28.2 Å². The number of nitrogens with one attached hydrogen (secondary N) is 1. The molecule has 0 bridgehead atoms. The van der Waals surface area contributed by atoms with Crippen molar-refractivity contribution in [2.75, 3.05) is 7.11 Å². The summed E-state index contributed by atoms with van der Waals surface area (Å²) in [6.07, 6.45) is 1.74. The number of methoxy groups -OCH3 is 1. The maximum atomic E-state index is 11.0. The Morgan fingerprint density at radius 3 is 2.61 bits per heavy atom. The Hall–Kier alpha value is -4.57. The van der Waals surface area contributed by atoms with Crippen molar-refractivity contribution in [3.8, 4) is 17.6 Å². The van der Waals surface area contributed by atoms with E-state index >= 15 is 0 Å². The quantitative estimate of drug-likeness (QED) is 0.382. The molecule has 2 N–H and O–H groups in total. The molecule has 0 fully saturated rings. The van der Waals surface area contributed by atoms with Gasteiger partial charge in [0.1, 0.15) is 18.5 Å². The summed E-state index contributed by atoms with van der Waals surface area (Å²) in [6, 6.07) is 20.0. The van der Waals surface area contributed by atoms with E-state index in [1.54, 1.807) is 37.5 Å². The van der Waals surface area contributed by atoms with Crippen LogP contribution in [0.1, 0.15) is 32.9 Å². The van der Waals surface area contributed by atoms with Crippen molar-refractivity contribution < 1.29 is 19.4 Å². The van der Waals surface area contributed by atoms with Gasteiger partial charge in [0.05, 0.1) is 29.3 Å².